The third-order valence-electron chi connectivity index (χ3n) is 3.37. The van der Waals surface area contributed by atoms with Crippen LogP contribution in [0, 0.1) is 0 Å². The van der Waals surface area contributed by atoms with E-state index in [-0.39, 0.29) is 5.69 Å². The van der Waals surface area contributed by atoms with Gasteiger partial charge in [0.2, 0.25) is 5.91 Å². The van der Waals surface area contributed by atoms with Crippen LogP contribution in [0.2, 0.25) is 5.02 Å². The van der Waals surface area contributed by atoms with Crippen LogP contribution < -0.4 is 14.8 Å². The number of halogens is 4. The Balaban J connectivity index is 2.13. The second-order valence-electron chi connectivity index (χ2n) is 5.13. The van der Waals surface area contributed by atoms with E-state index in [2.05, 4.69) is 5.32 Å². The van der Waals surface area contributed by atoms with Crippen molar-refractivity contribution in [3.8, 4) is 11.5 Å². The van der Waals surface area contributed by atoms with Crippen LogP contribution in [0.15, 0.2) is 42.5 Å². The fraction of sp³-hybridized carbons (Fsp3) is 0.167. The van der Waals surface area contributed by atoms with Gasteiger partial charge in [-0.2, -0.15) is 13.2 Å². The van der Waals surface area contributed by atoms with E-state index in [0.29, 0.717) is 17.1 Å². The third-order valence-corrected chi connectivity index (χ3v) is 3.70. The number of alkyl halides is 3. The van der Waals surface area contributed by atoms with Gasteiger partial charge in [0.1, 0.15) is 0 Å². The number of hydrogen-bond donors (Lipinski definition) is 1. The number of nitrogens with one attached hydrogen (secondary N) is 1. The van der Waals surface area contributed by atoms with E-state index in [0.717, 1.165) is 12.1 Å². The zero-order valence-corrected chi connectivity index (χ0v) is 14.6. The molecule has 138 valence electrons. The molecule has 4 nitrogen and oxygen atoms in total. The number of amides is 1. The molecule has 0 aliphatic heterocycles. The van der Waals surface area contributed by atoms with Crippen LogP contribution in [-0.4, -0.2) is 20.1 Å². The highest BCUT2D eigenvalue weighted by atomic mass is 35.5. The molecule has 1 amide bonds. The molecule has 2 rings (SSSR count). The van der Waals surface area contributed by atoms with Crippen LogP contribution in [0.1, 0.15) is 11.1 Å². The van der Waals surface area contributed by atoms with Gasteiger partial charge in [-0.15, -0.1) is 0 Å². The number of ether oxygens (including phenoxy) is 2. The number of hydrogen-bond acceptors (Lipinski definition) is 3. The molecule has 0 aromatic heterocycles. The van der Waals surface area contributed by atoms with Crippen molar-refractivity contribution in [3.05, 3.63) is 58.6 Å². The van der Waals surface area contributed by atoms with Crippen molar-refractivity contribution < 1.29 is 27.4 Å². The lowest BCUT2D eigenvalue weighted by Crippen LogP contribution is -2.11. The molecule has 2 aromatic carbocycles. The molecule has 0 unspecified atom stereocenters. The lowest BCUT2D eigenvalue weighted by Gasteiger charge is -2.11. The standard InChI is InChI=1S/C18H15ClF3NO3/c1-25-15-7-3-11(9-16(15)26-2)4-8-17(24)23-12-5-6-14(19)13(10-12)18(20,21)22/h3-10H,1-2H3,(H,23,24). The van der Waals surface area contributed by atoms with Gasteiger partial charge in [-0.25, -0.2) is 0 Å². The van der Waals surface area contributed by atoms with Crippen molar-refractivity contribution in [2.24, 2.45) is 0 Å². The van der Waals surface area contributed by atoms with Gasteiger partial charge >= 0.3 is 6.18 Å². The van der Waals surface area contributed by atoms with Gasteiger partial charge < -0.3 is 14.8 Å². The number of rotatable bonds is 5. The highest BCUT2D eigenvalue weighted by molar-refractivity contribution is 6.31. The average molecular weight is 386 g/mol. The SMILES string of the molecule is COc1ccc(C=CC(=O)Nc2ccc(Cl)c(C(F)(F)F)c2)cc1OC. The quantitative estimate of drug-likeness (QED) is 0.734. The third kappa shape index (κ3) is 4.92. The van der Waals surface area contributed by atoms with E-state index < -0.39 is 22.7 Å². The van der Waals surface area contributed by atoms with Crippen LogP contribution in [0.4, 0.5) is 18.9 Å². The number of benzene rings is 2. The summed E-state index contributed by atoms with van der Waals surface area (Å²) in [5, 5.41) is 1.93. The lowest BCUT2D eigenvalue weighted by molar-refractivity contribution is -0.137. The zero-order valence-electron chi connectivity index (χ0n) is 13.9. The molecule has 2 aromatic rings. The maximum atomic E-state index is 12.8. The van der Waals surface area contributed by atoms with Gasteiger partial charge in [-0.3, -0.25) is 4.79 Å². The highest BCUT2D eigenvalue weighted by Gasteiger charge is 2.33. The fourth-order valence-electron chi connectivity index (χ4n) is 2.13. The monoisotopic (exact) mass is 385 g/mol. The van der Waals surface area contributed by atoms with Gasteiger partial charge in [0, 0.05) is 11.8 Å². The molecule has 0 fully saturated rings. The summed E-state index contributed by atoms with van der Waals surface area (Å²) in [6.45, 7) is 0. The maximum absolute atomic E-state index is 12.8. The second-order valence-corrected chi connectivity index (χ2v) is 5.54. The number of methoxy groups -OCH3 is 2. The topological polar surface area (TPSA) is 47.6 Å². The average Bonchev–Trinajstić information content (AvgIpc) is 2.60. The van der Waals surface area contributed by atoms with Gasteiger partial charge in [-0.05, 0) is 42.0 Å². The van der Waals surface area contributed by atoms with Gasteiger partial charge in [0.15, 0.2) is 11.5 Å². The van der Waals surface area contributed by atoms with E-state index in [1.807, 2.05) is 0 Å². The normalized spacial score (nSPS) is 11.5. The Morgan fingerprint density at radius 2 is 1.77 bits per heavy atom. The summed E-state index contributed by atoms with van der Waals surface area (Å²) < 4.78 is 48.8. The van der Waals surface area contributed by atoms with Gasteiger partial charge in [-0.1, -0.05) is 17.7 Å². The number of anilines is 1. The molecule has 0 aliphatic rings. The second kappa shape index (κ2) is 8.14. The Hall–Kier alpha value is -2.67. The molecular formula is C18H15ClF3NO3. The van der Waals surface area contributed by atoms with Crippen LogP contribution in [0.5, 0.6) is 11.5 Å². The van der Waals surface area contributed by atoms with Crippen molar-refractivity contribution in [2.45, 2.75) is 6.18 Å². The predicted octanol–water partition coefficient (Wildman–Crippen LogP) is 5.03. The van der Waals surface area contributed by atoms with E-state index in [9.17, 15) is 18.0 Å². The molecular weight excluding hydrogens is 371 g/mol. The van der Waals surface area contributed by atoms with Crippen molar-refractivity contribution in [1.82, 2.24) is 0 Å². The molecule has 0 saturated heterocycles. The Morgan fingerprint density at radius 1 is 1.08 bits per heavy atom. The van der Waals surface area contributed by atoms with E-state index in [1.165, 1.54) is 32.4 Å². The summed E-state index contributed by atoms with van der Waals surface area (Å²) in [4.78, 5) is 11.9. The molecule has 0 heterocycles. The Labute approximate surface area is 153 Å². The highest BCUT2D eigenvalue weighted by Crippen LogP contribution is 2.36. The fourth-order valence-corrected chi connectivity index (χ4v) is 2.36. The van der Waals surface area contributed by atoms with Gasteiger partial charge in [0.25, 0.3) is 0 Å². The Morgan fingerprint density at radius 3 is 2.38 bits per heavy atom. The van der Waals surface area contributed by atoms with Crippen LogP contribution in [0.3, 0.4) is 0 Å². The first kappa shape index (κ1) is 19.7. The lowest BCUT2D eigenvalue weighted by atomic mass is 10.1. The van der Waals surface area contributed by atoms with Crippen molar-refractivity contribution in [3.63, 3.8) is 0 Å². The zero-order chi connectivity index (χ0) is 19.3. The maximum Gasteiger partial charge on any atom is 0.417 e. The molecule has 0 saturated carbocycles. The Bertz CT molecular complexity index is 835. The van der Waals surface area contributed by atoms with Crippen molar-refractivity contribution in [2.75, 3.05) is 19.5 Å². The van der Waals surface area contributed by atoms with Crippen LogP contribution >= 0.6 is 11.6 Å². The van der Waals surface area contributed by atoms with Crippen LogP contribution in [0.25, 0.3) is 6.08 Å². The first-order chi connectivity index (χ1) is 12.2. The molecule has 0 aliphatic carbocycles. The summed E-state index contributed by atoms with van der Waals surface area (Å²) in [5.41, 5.74) is -0.366. The minimum Gasteiger partial charge on any atom is -0.493 e. The molecule has 1 N–H and O–H groups in total. The predicted molar refractivity (Wildman–Crippen MR) is 93.7 cm³/mol. The summed E-state index contributed by atoms with van der Waals surface area (Å²) >= 11 is 5.54. The minimum atomic E-state index is -4.60. The Kier molecular flexibility index (Phi) is 6.15. The smallest absolute Gasteiger partial charge is 0.417 e. The van der Waals surface area contributed by atoms with Gasteiger partial charge in [0.05, 0.1) is 24.8 Å². The molecule has 8 heteroatoms. The van der Waals surface area contributed by atoms with E-state index in [1.54, 1.807) is 18.2 Å². The van der Waals surface area contributed by atoms with Crippen LogP contribution in [-0.2, 0) is 11.0 Å². The molecule has 0 atom stereocenters. The number of carbonyl (C=O) groups excluding carboxylic acids is 1. The largest absolute Gasteiger partial charge is 0.493 e. The number of carbonyl (C=O) groups is 1. The molecule has 0 bridgehead atoms. The van der Waals surface area contributed by atoms with E-state index >= 15 is 0 Å². The molecule has 26 heavy (non-hydrogen) atoms. The molecule has 0 spiro atoms. The summed E-state index contributed by atoms with van der Waals surface area (Å²) in [5.74, 6) is 0.438. The summed E-state index contributed by atoms with van der Waals surface area (Å²) in [6.07, 6.45) is -1.91. The first-order valence-electron chi connectivity index (χ1n) is 7.32. The first-order valence-corrected chi connectivity index (χ1v) is 7.70. The molecule has 0 radical (unpaired) electrons. The van der Waals surface area contributed by atoms with Crippen molar-refractivity contribution >= 4 is 29.3 Å². The van der Waals surface area contributed by atoms with Crippen molar-refractivity contribution in [1.29, 1.82) is 0 Å². The summed E-state index contributed by atoms with van der Waals surface area (Å²) in [6, 6.07) is 8.19. The minimum absolute atomic E-state index is 0.0105. The van der Waals surface area contributed by atoms with E-state index in [4.69, 9.17) is 21.1 Å². The summed E-state index contributed by atoms with van der Waals surface area (Å²) in [7, 11) is 2.99.